The van der Waals surface area contributed by atoms with Gasteiger partial charge >= 0.3 is 0 Å². The fourth-order valence-electron chi connectivity index (χ4n) is 3.55. The SMILES string of the molecule is CCc1ccc(N2C(=O)[C@H]3N=NN(CC(=O)Nc4cc(Cl)ccc4C)[C@@H]3C2=O)cc1. The number of fused-ring (bicyclic) bond motifs is 1. The molecule has 0 radical (unpaired) electrons. The lowest BCUT2D eigenvalue weighted by molar-refractivity contribution is -0.123. The van der Waals surface area contributed by atoms with Crippen molar-refractivity contribution in [1.82, 2.24) is 5.01 Å². The maximum absolute atomic E-state index is 13.0. The zero-order valence-electron chi connectivity index (χ0n) is 16.5. The molecular formula is C21H20ClN5O3. The minimum Gasteiger partial charge on any atom is -0.324 e. The summed E-state index contributed by atoms with van der Waals surface area (Å²) in [5.41, 5.74) is 3.02. The van der Waals surface area contributed by atoms with Crippen molar-refractivity contribution in [3.8, 4) is 0 Å². The van der Waals surface area contributed by atoms with Crippen LogP contribution in [0.3, 0.4) is 0 Å². The molecule has 4 rings (SSSR count). The van der Waals surface area contributed by atoms with E-state index in [0.29, 0.717) is 16.4 Å². The van der Waals surface area contributed by atoms with E-state index < -0.39 is 23.9 Å². The molecular weight excluding hydrogens is 406 g/mol. The molecule has 0 spiro atoms. The summed E-state index contributed by atoms with van der Waals surface area (Å²) in [4.78, 5) is 39.4. The fourth-order valence-corrected chi connectivity index (χ4v) is 3.73. The molecule has 2 aliphatic heterocycles. The number of hydrogen-bond acceptors (Lipinski definition) is 6. The van der Waals surface area contributed by atoms with Crippen molar-refractivity contribution in [3.63, 3.8) is 0 Å². The van der Waals surface area contributed by atoms with Crippen LogP contribution in [0.1, 0.15) is 18.1 Å². The summed E-state index contributed by atoms with van der Waals surface area (Å²) in [7, 11) is 0. The second-order valence-corrected chi connectivity index (χ2v) is 7.67. The van der Waals surface area contributed by atoms with E-state index in [0.717, 1.165) is 22.4 Å². The molecule has 9 heteroatoms. The molecule has 0 bridgehead atoms. The van der Waals surface area contributed by atoms with Gasteiger partial charge in [-0.2, -0.15) is 5.11 Å². The number of imide groups is 1. The van der Waals surface area contributed by atoms with Crippen molar-refractivity contribution in [2.45, 2.75) is 32.4 Å². The van der Waals surface area contributed by atoms with Crippen molar-refractivity contribution in [2.24, 2.45) is 10.3 Å². The van der Waals surface area contributed by atoms with E-state index in [2.05, 4.69) is 15.7 Å². The van der Waals surface area contributed by atoms with Crippen LogP contribution in [0.5, 0.6) is 0 Å². The van der Waals surface area contributed by atoms with Crippen molar-refractivity contribution < 1.29 is 14.4 Å². The van der Waals surface area contributed by atoms with Crippen LogP contribution in [0.4, 0.5) is 11.4 Å². The molecule has 0 aromatic heterocycles. The Morgan fingerprint density at radius 1 is 1.13 bits per heavy atom. The predicted molar refractivity (Wildman–Crippen MR) is 112 cm³/mol. The first-order valence-corrected chi connectivity index (χ1v) is 9.97. The van der Waals surface area contributed by atoms with Gasteiger partial charge < -0.3 is 5.32 Å². The van der Waals surface area contributed by atoms with E-state index in [1.807, 2.05) is 26.0 Å². The third-order valence-electron chi connectivity index (χ3n) is 5.24. The van der Waals surface area contributed by atoms with Crippen LogP contribution in [0, 0.1) is 6.92 Å². The summed E-state index contributed by atoms with van der Waals surface area (Å²) in [5, 5.41) is 12.4. The number of benzene rings is 2. The molecule has 8 nitrogen and oxygen atoms in total. The van der Waals surface area contributed by atoms with Crippen LogP contribution in [0.25, 0.3) is 0 Å². The molecule has 0 saturated carbocycles. The van der Waals surface area contributed by atoms with Crippen LogP contribution in [-0.4, -0.2) is 41.4 Å². The number of carbonyl (C=O) groups excluding carboxylic acids is 3. The van der Waals surface area contributed by atoms with Gasteiger partial charge in [0.05, 0.1) is 5.69 Å². The number of nitrogens with zero attached hydrogens (tertiary/aromatic N) is 4. The number of aryl methyl sites for hydroxylation is 2. The van der Waals surface area contributed by atoms with Crippen molar-refractivity contribution in [3.05, 3.63) is 58.6 Å². The standard InChI is InChI=1S/C21H20ClN5O3/c1-3-13-5-8-15(9-6-13)27-20(29)18-19(21(27)30)26(25-24-18)11-17(28)23-16-10-14(22)7-4-12(16)2/h4-10,18-19H,3,11H2,1-2H3,(H,23,28)/t18-,19-/m0/s1. The third kappa shape index (κ3) is 3.54. The minimum atomic E-state index is -0.941. The molecule has 2 aromatic rings. The molecule has 154 valence electrons. The lowest BCUT2D eigenvalue weighted by atomic mass is 10.1. The van der Waals surface area contributed by atoms with Crippen LogP contribution < -0.4 is 10.2 Å². The smallest absolute Gasteiger partial charge is 0.263 e. The Morgan fingerprint density at radius 2 is 1.87 bits per heavy atom. The van der Waals surface area contributed by atoms with E-state index in [-0.39, 0.29) is 12.5 Å². The summed E-state index contributed by atoms with van der Waals surface area (Å²) in [6, 6.07) is 10.6. The number of rotatable bonds is 5. The van der Waals surface area contributed by atoms with Crippen LogP contribution >= 0.6 is 11.6 Å². The Labute approximate surface area is 178 Å². The number of amides is 3. The molecule has 2 atom stereocenters. The molecule has 2 heterocycles. The summed E-state index contributed by atoms with van der Waals surface area (Å²) < 4.78 is 0. The van der Waals surface area contributed by atoms with Crippen LogP contribution in [-0.2, 0) is 20.8 Å². The average molecular weight is 426 g/mol. The second kappa shape index (κ2) is 7.87. The first kappa shape index (κ1) is 20.0. The Morgan fingerprint density at radius 3 is 2.57 bits per heavy atom. The fraction of sp³-hybridized carbons (Fsp3) is 0.286. The summed E-state index contributed by atoms with van der Waals surface area (Å²) in [6.45, 7) is 3.66. The quantitative estimate of drug-likeness (QED) is 0.744. The van der Waals surface area contributed by atoms with Crippen molar-refractivity contribution in [1.29, 1.82) is 0 Å². The summed E-state index contributed by atoms with van der Waals surface area (Å²) >= 11 is 5.99. The van der Waals surface area contributed by atoms with E-state index >= 15 is 0 Å². The molecule has 1 saturated heterocycles. The van der Waals surface area contributed by atoms with E-state index in [4.69, 9.17) is 11.6 Å². The van der Waals surface area contributed by atoms with Gasteiger partial charge in [-0.3, -0.25) is 19.4 Å². The topological polar surface area (TPSA) is 94.4 Å². The lowest BCUT2D eigenvalue weighted by Crippen LogP contribution is -2.43. The maximum atomic E-state index is 13.0. The number of hydrogen-bond donors (Lipinski definition) is 1. The zero-order valence-corrected chi connectivity index (χ0v) is 17.3. The molecule has 3 amide bonds. The molecule has 1 N–H and O–H groups in total. The van der Waals surface area contributed by atoms with Gasteiger partial charge in [0.25, 0.3) is 11.8 Å². The maximum Gasteiger partial charge on any atom is 0.263 e. The van der Waals surface area contributed by atoms with Gasteiger partial charge in [0.1, 0.15) is 6.54 Å². The van der Waals surface area contributed by atoms with Gasteiger partial charge in [-0.15, -0.1) is 0 Å². The molecule has 30 heavy (non-hydrogen) atoms. The lowest BCUT2D eigenvalue weighted by Gasteiger charge is -2.20. The first-order valence-electron chi connectivity index (χ1n) is 9.59. The van der Waals surface area contributed by atoms with E-state index in [1.165, 1.54) is 5.01 Å². The zero-order chi connectivity index (χ0) is 21.4. The van der Waals surface area contributed by atoms with Crippen molar-refractivity contribution >= 4 is 40.7 Å². The monoisotopic (exact) mass is 425 g/mol. The Bertz CT molecular complexity index is 1050. The van der Waals surface area contributed by atoms with Gasteiger partial charge in [0, 0.05) is 10.7 Å². The van der Waals surface area contributed by atoms with Crippen LogP contribution in [0.2, 0.25) is 5.02 Å². The third-order valence-corrected chi connectivity index (χ3v) is 5.48. The van der Waals surface area contributed by atoms with Crippen LogP contribution in [0.15, 0.2) is 52.8 Å². The molecule has 0 aliphatic carbocycles. The van der Waals surface area contributed by atoms with Gasteiger partial charge in [-0.05, 0) is 48.7 Å². The van der Waals surface area contributed by atoms with Crippen molar-refractivity contribution in [2.75, 3.05) is 16.8 Å². The second-order valence-electron chi connectivity index (χ2n) is 7.23. The Hall–Kier alpha value is -3.26. The highest BCUT2D eigenvalue weighted by Crippen LogP contribution is 2.32. The molecule has 2 aromatic carbocycles. The first-order chi connectivity index (χ1) is 14.4. The van der Waals surface area contributed by atoms with Gasteiger partial charge in [0.15, 0.2) is 12.1 Å². The summed E-state index contributed by atoms with van der Waals surface area (Å²) in [6.07, 6.45) is 0.858. The summed E-state index contributed by atoms with van der Waals surface area (Å²) in [5.74, 6) is -1.26. The number of nitrogens with one attached hydrogen (secondary N) is 1. The predicted octanol–water partition coefficient (Wildman–Crippen LogP) is 3.14. The molecule has 0 unspecified atom stereocenters. The Kier molecular flexibility index (Phi) is 5.26. The largest absolute Gasteiger partial charge is 0.324 e. The van der Waals surface area contributed by atoms with Gasteiger partial charge in [0.2, 0.25) is 5.91 Å². The van der Waals surface area contributed by atoms with Gasteiger partial charge in [-0.25, -0.2) is 4.90 Å². The number of anilines is 2. The number of carbonyl (C=O) groups is 3. The van der Waals surface area contributed by atoms with E-state index in [1.54, 1.807) is 30.3 Å². The minimum absolute atomic E-state index is 0.210. The Balaban J connectivity index is 1.49. The highest BCUT2D eigenvalue weighted by molar-refractivity contribution is 6.31. The highest BCUT2D eigenvalue weighted by Gasteiger charge is 2.55. The van der Waals surface area contributed by atoms with Gasteiger partial charge in [-0.1, -0.05) is 41.9 Å². The molecule has 2 aliphatic rings. The number of halogens is 1. The molecule has 1 fully saturated rings. The average Bonchev–Trinajstić information content (AvgIpc) is 3.24. The van der Waals surface area contributed by atoms with E-state index in [9.17, 15) is 14.4 Å². The normalized spacial score (nSPS) is 20.1. The highest BCUT2D eigenvalue weighted by atomic mass is 35.5.